The van der Waals surface area contributed by atoms with Crippen LogP contribution in [0.5, 0.6) is 0 Å². The van der Waals surface area contributed by atoms with Gasteiger partial charge in [-0.2, -0.15) is 0 Å². The molecule has 4 amide bonds. The van der Waals surface area contributed by atoms with Crippen molar-refractivity contribution in [2.24, 2.45) is 23.5 Å². The van der Waals surface area contributed by atoms with Crippen LogP contribution in [0.25, 0.3) is 0 Å². The second kappa shape index (κ2) is 16.6. The molecule has 0 heterocycles. The lowest BCUT2D eigenvalue weighted by Crippen LogP contribution is -2.61. The van der Waals surface area contributed by atoms with Crippen molar-refractivity contribution in [1.29, 1.82) is 0 Å². The molecular weight excluding hydrogens is 566 g/mol. The molecule has 0 radical (unpaired) electrons. The first-order valence-corrected chi connectivity index (χ1v) is 17.6. The molecular formula is C36H57N5O4. The number of rotatable bonds is 13. The second-order valence-electron chi connectivity index (χ2n) is 14.1. The van der Waals surface area contributed by atoms with Gasteiger partial charge in [0, 0.05) is 19.5 Å². The van der Waals surface area contributed by atoms with Crippen LogP contribution in [0, 0.1) is 17.8 Å². The summed E-state index contributed by atoms with van der Waals surface area (Å²) < 4.78 is 0. The molecule has 9 nitrogen and oxygen atoms in total. The van der Waals surface area contributed by atoms with Crippen molar-refractivity contribution in [2.45, 2.75) is 134 Å². The number of carbonyl (C=O) groups is 4. The Hall–Kier alpha value is -2.94. The molecule has 0 aromatic heterocycles. The fourth-order valence-electron chi connectivity index (χ4n) is 7.90. The van der Waals surface area contributed by atoms with Gasteiger partial charge in [-0.3, -0.25) is 19.2 Å². The van der Waals surface area contributed by atoms with Crippen LogP contribution in [-0.4, -0.2) is 66.3 Å². The number of likely N-dealkylation sites (N-methyl/N-ethyl adjacent to an activating group) is 2. The molecule has 0 spiro atoms. The number of aryl methyl sites for hydroxylation is 1. The topological polar surface area (TPSA) is 134 Å². The minimum atomic E-state index is -0.764. The third-order valence-electron chi connectivity index (χ3n) is 10.5. The molecule has 5 N–H and O–H groups in total. The minimum absolute atomic E-state index is 0.0189. The van der Waals surface area contributed by atoms with Crippen molar-refractivity contribution < 1.29 is 19.2 Å². The summed E-state index contributed by atoms with van der Waals surface area (Å²) in [5.74, 6) is -0.962. The van der Waals surface area contributed by atoms with Gasteiger partial charge in [0.1, 0.15) is 18.1 Å². The molecule has 1 aromatic carbocycles. The molecule has 3 aliphatic carbocycles. The van der Waals surface area contributed by atoms with E-state index in [0.29, 0.717) is 13.0 Å². The molecule has 2 fully saturated rings. The predicted molar refractivity (Wildman–Crippen MR) is 177 cm³/mol. The van der Waals surface area contributed by atoms with Crippen LogP contribution >= 0.6 is 0 Å². The standard InChI is InChI=1S/C36H57N5O4/c1-5-38-33(42)29(22-23(2)3)41(4)36(45)32(26-17-10-7-11-18-26)40-35(44)31(25-15-8-6-9-16-25)39-34(43)30(37)28-21-20-24-14-12-13-19-27(24)28/h12-14,19,23,25-26,28-32H,5-11,15-18,20-22,37H2,1-4H3,(H,38,42)(H,39,43)(H,40,44)/t28?,29-,30-,31-,32-/m1/s1. The highest BCUT2D eigenvalue weighted by Gasteiger charge is 2.41. The fraction of sp³-hybridized carbons (Fsp3) is 0.722. The molecule has 0 bridgehead atoms. The van der Waals surface area contributed by atoms with Crippen molar-refractivity contribution in [3.63, 3.8) is 0 Å². The van der Waals surface area contributed by atoms with E-state index in [4.69, 9.17) is 5.73 Å². The summed E-state index contributed by atoms with van der Waals surface area (Å²) >= 11 is 0. The average Bonchev–Trinajstić information content (AvgIpc) is 3.48. The molecule has 4 rings (SSSR count). The van der Waals surface area contributed by atoms with Gasteiger partial charge in [-0.05, 0) is 80.8 Å². The van der Waals surface area contributed by atoms with Gasteiger partial charge in [-0.25, -0.2) is 0 Å². The number of nitrogens with zero attached hydrogens (tertiary/aromatic N) is 1. The number of amides is 4. The zero-order valence-electron chi connectivity index (χ0n) is 28.0. The first-order valence-electron chi connectivity index (χ1n) is 17.6. The second-order valence-corrected chi connectivity index (χ2v) is 14.1. The zero-order chi connectivity index (χ0) is 32.5. The normalized spacial score (nSPS) is 21.7. The van der Waals surface area contributed by atoms with E-state index in [1.54, 1.807) is 11.9 Å². The lowest BCUT2D eigenvalue weighted by molar-refractivity contribution is -0.144. The quantitative estimate of drug-likeness (QED) is 0.262. The van der Waals surface area contributed by atoms with Gasteiger partial charge < -0.3 is 26.6 Å². The van der Waals surface area contributed by atoms with Crippen LogP contribution in [0.3, 0.4) is 0 Å². The molecule has 0 aliphatic heterocycles. The highest BCUT2D eigenvalue weighted by molar-refractivity contribution is 5.95. The molecule has 0 saturated heterocycles. The Kier molecular flexibility index (Phi) is 12.9. The van der Waals surface area contributed by atoms with Gasteiger partial charge in [0.05, 0.1) is 6.04 Å². The van der Waals surface area contributed by atoms with Crippen molar-refractivity contribution in [3.8, 4) is 0 Å². The van der Waals surface area contributed by atoms with E-state index in [1.165, 1.54) is 5.56 Å². The van der Waals surface area contributed by atoms with E-state index < -0.39 is 24.2 Å². The van der Waals surface area contributed by atoms with Crippen LogP contribution < -0.4 is 21.7 Å². The van der Waals surface area contributed by atoms with Crippen molar-refractivity contribution in [1.82, 2.24) is 20.9 Å². The van der Waals surface area contributed by atoms with Crippen LogP contribution in [0.15, 0.2) is 24.3 Å². The number of hydrogen-bond donors (Lipinski definition) is 4. The Labute approximate surface area is 270 Å². The van der Waals surface area contributed by atoms with Gasteiger partial charge in [0.2, 0.25) is 23.6 Å². The van der Waals surface area contributed by atoms with Crippen LogP contribution in [0.1, 0.15) is 115 Å². The lowest BCUT2D eigenvalue weighted by Gasteiger charge is -2.38. The number of benzene rings is 1. The van der Waals surface area contributed by atoms with E-state index in [0.717, 1.165) is 82.6 Å². The molecule has 2 saturated carbocycles. The average molecular weight is 624 g/mol. The summed E-state index contributed by atoms with van der Waals surface area (Å²) in [5.41, 5.74) is 8.95. The van der Waals surface area contributed by atoms with Crippen molar-refractivity contribution in [3.05, 3.63) is 35.4 Å². The minimum Gasteiger partial charge on any atom is -0.355 e. The summed E-state index contributed by atoms with van der Waals surface area (Å²) in [4.78, 5) is 56.9. The summed E-state index contributed by atoms with van der Waals surface area (Å²) in [5, 5.41) is 9.13. The monoisotopic (exact) mass is 623 g/mol. The molecule has 45 heavy (non-hydrogen) atoms. The maximum absolute atomic E-state index is 14.3. The first-order chi connectivity index (χ1) is 21.6. The molecule has 250 valence electrons. The van der Waals surface area contributed by atoms with E-state index >= 15 is 0 Å². The van der Waals surface area contributed by atoms with Crippen LogP contribution in [-0.2, 0) is 25.6 Å². The number of fused-ring (bicyclic) bond motifs is 1. The summed E-state index contributed by atoms with van der Waals surface area (Å²) in [6.07, 6.45) is 11.8. The Bertz CT molecular complexity index is 1160. The van der Waals surface area contributed by atoms with Gasteiger partial charge >= 0.3 is 0 Å². The lowest BCUT2D eigenvalue weighted by atomic mass is 9.81. The fourth-order valence-corrected chi connectivity index (χ4v) is 7.90. The number of hydrogen-bond acceptors (Lipinski definition) is 5. The smallest absolute Gasteiger partial charge is 0.245 e. The SMILES string of the molecule is CCNC(=O)[C@@H](CC(C)C)N(C)C(=O)[C@H](NC(=O)[C@H](NC(=O)[C@H](N)C1CCc2ccccc21)C1CCCCC1)C1CCCCC1. The number of nitrogens with one attached hydrogen (secondary N) is 3. The van der Waals surface area contributed by atoms with E-state index in [2.05, 4.69) is 28.1 Å². The number of carbonyl (C=O) groups excluding carboxylic acids is 4. The maximum Gasteiger partial charge on any atom is 0.245 e. The highest BCUT2D eigenvalue weighted by Crippen LogP contribution is 2.35. The summed E-state index contributed by atoms with van der Waals surface area (Å²) in [6, 6.07) is 5.23. The molecule has 9 heteroatoms. The first kappa shape index (κ1) is 34.9. The molecule has 1 unspecified atom stereocenters. The summed E-state index contributed by atoms with van der Waals surface area (Å²) in [7, 11) is 1.69. The zero-order valence-corrected chi connectivity index (χ0v) is 28.0. The van der Waals surface area contributed by atoms with Crippen LogP contribution in [0.2, 0.25) is 0 Å². The molecule has 3 aliphatic rings. The summed E-state index contributed by atoms with van der Waals surface area (Å²) in [6.45, 7) is 6.43. The van der Waals surface area contributed by atoms with Gasteiger partial charge in [-0.15, -0.1) is 0 Å². The van der Waals surface area contributed by atoms with Gasteiger partial charge in [0.25, 0.3) is 0 Å². The largest absolute Gasteiger partial charge is 0.355 e. The third-order valence-corrected chi connectivity index (χ3v) is 10.5. The third kappa shape index (κ3) is 8.87. The van der Waals surface area contributed by atoms with E-state index in [1.807, 2.05) is 32.9 Å². The Morgan fingerprint density at radius 3 is 2.00 bits per heavy atom. The van der Waals surface area contributed by atoms with E-state index in [-0.39, 0.29) is 47.3 Å². The predicted octanol–water partition coefficient (Wildman–Crippen LogP) is 4.18. The number of nitrogens with two attached hydrogens (primary N) is 1. The van der Waals surface area contributed by atoms with E-state index in [9.17, 15) is 19.2 Å². The maximum atomic E-state index is 14.3. The van der Waals surface area contributed by atoms with Crippen molar-refractivity contribution >= 4 is 23.6 Å². The Balaban J connectivity index is 1.56. The van der Waals surface area contributed by atoms with Gasteiger partial charge in [-0.1, -0.05) is 76.6 Å². The Morgan fingerprint density at radius 1 is 0.822 bits per heavy atom. The van der Waals surface area contributed by atoms with Crippen molar-refractivity contribution in [2.75, 3.05) is 13.6 Å². The highest BCUT2D eigenvalue weighted by atomic mass is 16.2. The molecule has 1 aromatic rings. The van der Waals surface area contributed by atoms with Crippen LogP contribution in [0.4, 0.5) is 0 Å². The van der Waals surface area contributed by atoms with Gasteiger partial charge in [0.15, 0.2) is 0 Å². The Morgan fingerprint density at radius 2 is 1.40 bits per heavy atom. The molecule has 5 atom stereocenters.